The predicted molar refractivity (Wildman–Crippen MR) is 135 cm³/mol. The van der Waals surface area contributed by atoms with Gasteiger partial charge in [-0.25, -0.2) is 9.59 Å². The molecule has 0 fully saturated rings. The van der Waals surface area contributed by atoms with Crippen molar-refractivity contribution in [2.45, 2.75) is 56.8 Å². The van der Waals surface area contributed by atoms with E-state index in [1.165, 1.54) is 0 Å². The van der Waals surface area contributed by atoms with Gasteiger partial charge in [-0.2, -0.15) is 0 Å². The maximum absolute atomic E-state index is 12.5. The zero-order valence-corrected chi connectivity index (χ0v) is 20.1. The second kappa shape index (κ2) is 16.0. The molecule has 0 spiro atoms. The van der Waals surface area contributed by atoms with Gasteiger partial charge in [-0.15, -0.1) is 0 Å². The van der Waals surface area contributed by atoms with E-state index >= 15 is 0 Å². The molecule has 0 heterocycles. The number of imide groups is 1. The maximum Gasteiger partial charge on any atom is 0.411 e. The van der Waals surface area contributed by atoms with Crippen molar-refractivity contribution in [3.05, 3.63) is 71.8 Å². The number of unbranched alkanes of at least 4 members (excludes halogenated alkanes) is 2. The SMILES string of the molecule is O=CC(Cc1ccccc1)NCCCCCC(NC(=O)O)N[C@@H](Cc1ccccc1)C(=O)NC(=O)O. The van der Waals surface area contributed by atoms with Crippen LogP contribution in [0.3, 0.4) is 0 Å². The van der Waals surface area contributed by atoms with E-state index in [4.69, 9.17) is 5.11 Å². The summed E-state index contributed by atoms with van der Waals surface area (Å²) in [5.74, 6) is -0.758. The average molecular weight is 499 g/mol. The van der Waals surface area contributed by atoms with Gasteiger partial charge in [0.25, 0.3) is 0 Å². The van der Waals surface area contributed by atoms with Crippen LogP contribution in [0.25, 0.3) is 0 Å². The normalized spacial score (nSPS) is 13.2. The van der Waals surface area contributed by atoms with Crippen molar-refractivity contribution in [2.75, 3.05) is 6.54 Å². The number of carbonyl (C=O) groups excluding carboxylic acids is 2. The first kappa shape index (κ1) is 28.5. The van der Waals surface area contributed by atoms with Crippen LogP contribution in [0.2, 0.25) is 0 Å². The number of benzene rings is 2. The molecule has 0 radical (unpaired) electrons. The summed E-state index contributed by atoms with van der Waals surface area (Å²) in [5, 5.41) is 28.6. The van der Waals surface area contributed by atoms with E-state index in [1.807, 2.05) is 41.7 Å². The minimum absolute atomic E-state index is 0.191. The van der Waals surface area contributed by atoms with Crippen molar-refractivity contribution >= 4 is 24.4 Å². The van der Waals surface area contributed by atoms with Crippen LogP contribution in [0.4, 0.5) is 9.59 Å². The van der Waals surface area contributed by atoms with Crippen LogP contribution in [-0.2, 0) is 22.4 Å². The minimum Gasteiger partial charge on any atom is -0.465 e. The monoisotopic (exact) mass is 498 g/mol. The van der Waals surface area contributed by atoms with Gasteiger partial charge in [0.2, 0.25) is 5.91 Å². The number of hydrogen-bond acceptors (Lipinski definition) is 6. The quantitative estimate of drug-likeness (QED) is 0.117. The summed E-state index contributed by atoms with van der Waals surface area (Å²) in [6, 6.07) is 17.6. The molecule has 2 aromatic carbocycles. The Labute approximate surface area is 210 Å². The maximum atomic E-state index is 12.5. The molecule has 0 aliphatic rings. The fourth-order valence-corrected chi connectivity index (χ4v) is 3.83. The highest BCUT2D eigenvalue weighted by Crippen LogP contribution is 2.08. The lowest BCUT2D eigenvalue weighted by Gasteiger charge is -2.25. The Bertz CT molecular complexity index is 957. The number of hydrogen-bond donors (Lipinski definition) is 6. The van der Waals surface area contributed by atoms with Gasteiger partial charge >= 0.3 is 12.2 Å². The largest absolute Gasteiger partial charge is 0.465 e. The summed E-state index contributed by atoms with van der Waals surface area (Å²) in [4.78, 5) is 46.1. The first-order valence-corrected chi connectivity index (χ1v) is 11.9. The smallest absolute Gasteiger partial charge is 0.411 e. The summed E-state index contributed by atoms with van der Waals surface area (Å²) in [6.45, 7) is 0.637. The number of amides is 3. The summed E-state index contributed by atoms with van der Waals surface area (Å²) >= 11 is 0. The lowest BCUT2D eigenvalue weighted by atomic mass is 10.0. The molecule has 6 N–H and O–H groups in total. The minimum atomic E-state index is -1.48. The van der Waals surface area contributed by atoms with Gasteiger partial charge in [0.15, 0.2) is 0 Å². The fraction of sp³-hybridized carbons (Fsp3) is 0.385. The highest BCUT2D eigenvalue weighted by Gasteiger charge is 2.24. The second-order valence-corrected chi connectivity index (χ2v) is 8.44. The second-order valence-electron chi connectivity index (χ2n) is 8.44. The Morgan fingerprint density at radius 2 is 1.42 bits per heavy atom. The molecule has 3 atom stereocenters. The van der Waals surface area contributed by atoms with Crippen LogP contribution in [0.1, 0.15) is 36.8 Å². The van der Waals surface area contributed by atoms with Crippen LogP contribution in [-0.4, -0.2) is 59.4 Å². The Morgan fingerprint density at radius 3 is 1.97 bits per heavy atom. The molecule has 0 aliphatic heterocycles. The van der Waals surface area contributed by atoms with E-state index in [1.54, 1.807) is 24.3 Å². The standard InChI is InChI=1S/C26H34N4O6/c31-18-21(16-19-10-4-1-5-11-19)27-15-9-3-8-14-23(29-25(33)34)28-22(24(32)30-26(35)36)17-20-12-6-2-7-13-20/h1-2,4-7,10-13,18,21-23,27-29H,3,8-9,14-17H2,(H,30,32)(H,33,34)(H,35,36)/t21?,22-,23?/m0/s1. The molecule has 10 nitrogen and oxygen atoms in total. The van der Waals surface area contributed by atoms with Crippen molar-refractivity contribution < 1.29 is 29.4 Å². The third-order valence-corrected chi connectivity index (χ3v) is 5.57. The Hall–Kier alpha value is -3.76. The molecule has 0 aromatic heterocycles. The molecule has 10 heteroatoms. The zero-order chi connectivity index (χ0) is 26.2. The molecular weight excluding hydrogens is 464 g/mol. The molecule has 2 unspecified atom stereocenters. The van der Waals surface area contributed by atoms with E-state index in [9.17, 15) is 24.3 Å². The van der Waals surface area contributed by atoms with E-state index in [0.717, 1.165) is 30.3 Å². The highest BCUT2D eigenvalue weighted by molar-refractivity contribution is 5.94. The van der Waals surface area contributed by atoms with Gasteiger partial charge in [0.05, 0.1) is 18.2 Å². The molecule has 2 rings (SSSR count). The van der Waals surface area contributed by atoms with E-state index in [2.05, 4.69) is 16.0 Å². The Kier molecular flexibility index (Phi) is 12.7. The molecule has 0 aliphatic carbocycles. The first-order valence-electron chi connectivity index (χ1n) is 11.9. The summed E-state index contributed by atoms with van der Waals surface area (Å²) < 4.78 is 0. The van der Waals surface area contributed by atoms with Crippen molar-refractivity contribution in [3.8, 4) is 0 Å². The highest BCUT2D eigenvalue weighted by atomic mass is 16.4. The van der Waals surface area contributed by atoms with E-state index in [0.29, 0.717) is 25.8 Å². The number of nitrogens with one attached hydrogen (secondary N) is 4. The third-order valence-electron chi connectivity index (χ3n) is 5.57. The summed E-state index contributed by atoms with van der Waals surface area (Å²) in [7, 11) is 0. The van der Waals surface area contributed by atoms with Gasteiger partial charge in [0, 0.05) is 0 Å². The Balaban J connectivity index is 1.84. The molecule has 3 amide bonds. The topological polar surface area (TPSA) is 157 Å². The molecule has 194 valence electrons. The summed E-state index contributed by atoms with van der Waals surface area (Å²) in [5.41, 5.74) is 1.88. The van der Waals surface area contributed by atoms with Gasteiger partial charge in [-0.3, -0.25) is 15.4 Å². The summed E-state index contributed by atoms with van der Waals surface area (Å²) in [6.07, 6.45) is 0.845. The Morgan fingerprint density at radius 1 is 0.806 bits per heavy atom. The molecule has 0 bridgehead atoms. The van der Waals surface area contributed by atoms with Crippen molar-refractivity contribution in [1.82, 2.24) is 21.3 Å². The predicted octanol–water partition coefficient (Wildman–Crippen LogP) is 2.54. The van der Waals surface area contributed by atoms with Gasteiger partial charge in [0.1, 0.15) is 6.29 Å². The molecule has 0 saturated heterocycles. The fourth-order valence-electron chi connectivity index (χ4n) is 3.83. The van der Waals surface area contributed by atoms with Crippen LogP contribution >= 0.6 is 0 Å². The number of aldehydes is 1. The van der Waals surface area contributed by atoms with Crippen LogP contribution < -0.4 is 21.3 Å². The molecule has 2 aromatic rings. The average Bonchev–Trinajstić information content (AvgIpc) is 2.85. The van der Waals surface area contributed by atoms with Gasteiger partial charge in [-0.05, 0) is 43.4 Å². The first-order chi connectivity index (χ1) is 17.4. The lowest BCUT2D eigenvalue weighted by Crippen LogP contribution is -2.55. The molecule has 36 heavy (non-hydrogen) atoms. The van der Waals surface area contributed by atoms with Crippen molar-refractivity contribution in [1.29, 1.82) is 0 Å². The third kappa shape index (κ3) is 11.6. The van der Waals surface area contributed by atoms with Crippen LogP contribution in [0.5, 0.6) is 0 Å². The lowest BCUT2D eigenvalue weighted by molar-refractivity contribution is -0.122. The van der Waals surface area contributed by atoms with Gasteiger partial charge in [-0.1, -0.05) is 73.5 Å². The van der Waals surface area contributed by atoms with E-state index < -0.39 is 30.3 Å². The van der Waals surface area contributed by atoms with Gasteiger partial charge < -0.3 is 25.6 Å². The zero-order valence-electron chi connectivity index (χ0n) is 20.1. The molecular formula is C26H34N4O6. The number of carbonyl (C=O) groups is 4. The van der Waals surface area contributed by atoms with Crippen molar-refractivity contribution in [2.24, 2.45) is 0 Å². The molecule has 0 saturated carbocycles. The van der Waals surface area contributed by atoms with Crippen molar-refractivity contribution in [3.63, 3.8) is 0 Å². The number of rotatable bonds is 16. The van der Waals surface area contributed by atoms with Crippen LogP contribution in [0.15, 0.2) is 60.7 Å². The van der Waals surface area contributed by atoms with E-state index in [-0.39, 0.29) is 12.5 Å². The number of carboxylic acid groups (broad SMARTS) is 2. The van der Waals surface area contributed by atoms with Crippen LogP contribution in [0, 0.1) is 0 Å².